The van der Waals surface area contributed by atoms with Gasteiger partial charge in [0.15, 0.2) is 11.2 Å². The number of hydrogen-bond acceptors (Lipinski definition) is 5. The molecular formula is C20H17N5O3. The van der Waals surface area contributed by atoms with Crippen LogP contribution >= 0.6 is 0 Å². The molecule has 0 atom stereocenters. The fourth-order valence-corrected chi connectivity index (χ4v) is 3.07. The van der Waals surface area contributed by atoms with E-state index < -0.39 is 5.97 Å². The Morgan fingerprint density at radius 3 is 2.46 bits per heavy atom. The monoisotopic (exact) mass is 375 g/mol. The Morgan fingerprint density at radius 2 is 1.79 bits per heavy atom. The molecule has 2 heterocycles. The zero-order valence-electron chi connectivity index (χ0n) is 15.2. The van der Waals surface area contributed by atoms with Crippen molar-refractivity contribution in [1.82, 2.24) is 19.9 Å². The number of hydrogen-bond donors (Lipinski definition) is 3. The van der Waals surface area contributed by atoms with E-state index in [1.807, 2.05) is 37.2 Å². The number of aromatic nitrogens is 4. The molecule has 0 saturated carbocycles. The summed E-state index contributed by atoms with van der Waals surface area (Å²) in [5.74, 6) is -0.517. The van der Waals surface area contributed by atoms with Crippen LogP contribution < -0.4 is 10.5 Å². The van der Waals surface area contributed by atoms with Gasteiger partial charge in [-0.1, -0.05) is 24.3 Å². The second-order valence-corrected chi connectivity index (χ2v) is 6.52. The van der Waals surface area contributed by atoms with Crippen molar-refractivity contribution in [3.05, 3.63) is 64.7 Å². The normalized spacial score (nSPS) is 10.9. The molecule has 4 rings (SSSR count). The van der Waals surface area contributed by atoms with E-state index in [2.05, 4.69) is 19.9 Å². The summed E-state index contributed by atoms with van der Waals surface area (Å²) in [7, 11) is 3.84. The van der Waals surface area contributed by atoms with Crippen molar-refractivity contribution in [2.75, 3.05) is 19.0 Å². The molecule has 140 valence electrons. The van der Waals surface area contributed by atoms with Gasteiger partial charge in [-0.2, -0.15) is 0 Å². The summed E-state index contributed by atoms with van der Waals surface area (Å²) in [6.45, 7) is 0. The van der Waals surface area contributed by atoms with Crippen LogP contribution in [0.15, 0.2) is 53.6 Å². The average molecular weight is 375 g/mol. The number of carboxylic acid groups (broad SMARTS) is 1. The van der Waals surface area contributed by atoms with E-state index in [9.17, 15) is 9.59 Å². The summed E-state index contributed by atoms with van der Waals surface area (Å²) in [4.78, 5) is 39.2. The smallest absolute Gasteiger partial charge is 0.335 e. The van der Waals surface area contributed by atoms with Gasteiger partial charge in [-0.15, -0.1) is 0 Å². The maximum atomic E-state index is 12.2. The summed E-state index contributed by atoms with van der Waals surface area (Å²) >= 11 is 0. The second kappa shape index (κ2) is 6.66. The van der Waals surface area contributed by atoms with E-state index in [0.717, 1.165) is 22.4 Å². The molecule has 2 aromatic heterocycles. The molecule has 0 unspecified atom stereocenters. The van der Waals surface area contributed by atoms with Gasteiger partial charge in [0, 0.05) is 30.9 Å². The van der Waals surface area contributed by atoms with Crippen molar-refractivity contribution in [3.8, 4) is 22.5 Å². The summed E-state index contributed by atoms with van der Waals surface area (Å²) in [6.07, 6.45) is 1.44. The van der Waals surface area contributed by atoms with Gasteiger partial charge in [-0.25, -0.2) is 14.8 Å². The van der Waals surface area contributed by atoms with E-state index in [0.29, 0.717) is 11.5 Å². The number of nitrogens with one attached hydrogen (secondary N) is 2. The molecule has 0 aliphatic heterocycles. The lowest BCUT2D eigenvalue weighted by atomic mass is 9.99. The van der Waals surface area contributed by atoms with Crippen molar-refractivity contribution in [2.24, 2.45) is 0 Å². The highest BCUT2D eigenvalue weighted by molar-refractivity contribution is 5.89. The van der Waals surface area contributed by atoms with Gasteiger partial charge in [0.05, 0.1) is 11.9 Å². The number of nitrogens with zero attached hydrogens (tertiary/aromatic N) is 3. The van der Waals surface area contributed by atoms with Crippen LogP contribution in [0.3, 0.4) is 0 Å². The first-order chi connectivity index (χ1) is 13.4. The number of carbonyl (C=O) groups is 1. The highest BCUT2D eigenvalue weighted by Gasteiger charge is 2.13. The van der Waals surface area contributed by atoms with E-state index in [-0.39, 0.29) is 16.6 Å². The fourth-order valence-electron chi connectivity index (χ4n) is 3.07. The molecule has 0 radical (unpaired) electrons. The third-order valence-electron chi connectivity index (χ3n) is 4.49. The molecule has 3 N–H and O–H groups in total. The Morgan fingerprint density at radius 1 is 1.07 bits per heavy atom. The molecule has 0 spiro atoms. The number of H-pyrrole nitrogens is 2. The minimum atomic E-state index is -0.959. The first kappa shape index (κ1) is 17.5. The SMILES string of the molecule is CN(C)c1cc(-c2nc3[nH]cnc3c(=O)[nH]2)ccc1-c1ccc(C(=O)O)cc1. The molecule has 8 nitrogen and oxygen atoms in total. The van der Waals surface area contributed by atoms with Gasteiger partial charge in [0.25, 0.3) is 5.56 Å². The molecule has 0 saturated heterocycles. The Bertz CT molecular complexity index is 1240. The topological polar surface area (TPSA) is 115 Å². The molecule has 8 heteroatoms. The van der Waals surface area contributed by atoms with Crippen LogP contribution in [0.4, 0.5) is 5.69 Å². The molecule has 4 aromatic rings. The maximum Gasteiger partial charge on any atom is 0.335 e. The number of carboxylic acids is 1. The van der Waals surface area contributed by atoms with Crippen LogP contribution in [0.1, 0.15) is 10.4 Å². The third-order valence-corrected chi connectivity index (χ3v) is 4.49. The van der Waals surface area contributed by atoms with Gasteiger partial charge in [-0.3, -0.25) is 4.79 Å². The van der Waals surface area contributed by atoms with E-state index >= 15 is 0 Å². The minimum Gasteiger partial charge on any atom is -0.478 e. The van der Waals surface area contributed by atoms with Crippen LogP contribution in [-0.4, -0.2) is 45.1 Å². The Kier molecular flexibility index (Phi) is 4.15. The molecular weight excluding hydrogens is 358 g/mol. The van der Waals surface area contributed by atoms with Crippen LogP contribution in [0, 0.1) is 0 Å². The molecule has 0 aliphatic carbocycles. The lowest BCUT2D eigenvalue weighted by molar-refractivity contribution is 0.0697. The van der Waals surface area contributed by atoms with E-state index in [1.54, 1.807) is 24.3 Å². The number of imidazole rings is 1. The third kappa shape index (κ3) is 3.01. The minimum absolute atomic E-state index is 0.237. The van der Waals surface area contributed by atoms with Crippen LogP contribution in [0.25, 0.3) is 33.7 Å². The lowest BCUT2D eigenvalue weighted by Crippen LogP contribution is -2.12. The largest absolute Gasteiger partial charge is 0.478 e. The standard InChI is InChI=1S/C20H17N5O3/c1-25(2)15-9-13(17-23-18-16(19(26)24-17)21-10-22-18)7-8-14(15)11-3-5-12(6-4-11)20(27)28/h3-10H,1-2H3,(H,27,28)(H2,21,22,23,24,26). The maximum absolute atomic E-state index is 12.2. The second-order valence-electron chi connectivity index (χ2n) is 6.52. The summed E-state index contributed by atoms with van der Waals surface area (Å²) in [5.41, 5.74) is 4.13. The Labute approximate surface area is 159 Å². The zero-order chi connectivity index (χ0) is 19.8. The Hall–Kier alpha value is -3.94. The number of fused-ring (bicyclic) bond motifs is 1. The van der Waals surface area contributed by atoms with Crippen LogP contribution in [-0.2, 0) is 0 Å². The number of benzene rings is 2. The van der Waals surface area contributed by atoms with E-state index in [4.69, 9.17) is 5.11 Å². The molecule has 0 amide bonds. The van der Waals surface area contributed by atoms with Crippen molar-refractivity contribution >= 4 is 22.8 Å². The number of rotatable bonds is 4. The molecule has 28 heavy (non-hydrogen) atoms. The van der Waals surface area contributed by atoms with Gasteiger partial charge >= 0.3 is 5.97 Å². The lowest BCUT2D eigenvalue weighted by Gasteiger charge is -2.19. The first-order valence-electron chi connectivity index (χ1n) is 8.53. The quantitative estimate of drug-likeness (QED) is 0.505. The first-order valence-corrected chi connectivity index (χ1v) is 8.53. The number of aromatic carboxylic acids is 1. The van der Waals surface area contributed by atoms with Gasteiger partial charge in [0.1, 0.15) is 5.82 Å². The molecule has 0 fully saturated rings. The van der Waals surface area contributed by atoms with Crippen LogP contribution in [0.2, 0.25) is 0 Å². The van der Waals surface area contributed by atoms with E-state index in [1.165, 1.54) is 6.33 Å². The summed E-state index contributed by atoms with van der Waals surface area (Å²) in [5, 5.41) is 9.08. The predicted octanol–water partition coefficient (Wildman–Crippen LogP) is 2.74. The highest BCUT2D eigenvalue weighted by Crippen LogP contribution is 2.33. The van der Waals surface area contributed by atoms with Gasteiger partial charge in [0.2, 0.25) is 0 Å². The molecule has 2 aromatic carbocycles. The number of anilines is 1. The fraction of sp³-hybridized carbons (Fsp3) is 0.100. The average Bonchev–Trinajstić information content (AvgIpc) is 3.17. The van der Waals surface area contributed by atoms with Gasteiger partial charge < -0.3 is 20.0 Å². The number of aromatic amines is 2. The van der Waals surface area contributed by atoms with Crippen molar-refractivity contribution in [3.63, 3.8) is 0 Å². The van der Waals surface area contributed by atoms with Crippen molar-refractivity contribution < 1.29 is 9.90 Å². The Balaban J connectivity index is 1.82. The van der Waals surface area contributed by atoms with Gasteiger partial charge in [-0.05, 0) is 23.8 Å². The zero-order valence-corrected chi connectivity index (χ0v) is 15.2. The van der Waals surface area contributed by atoms with Crippen LogP contribution in [0.5, 0.6) is 0 Å². The summed E-state index contributed by atoms with van der Waals surface area (Å²) < 4.78 is 0. The highest BCUT2D eigenvalue weighted by atomic mass is 16.4. The summed E-state index contributed by atoms with van der Waals surface area (Å²) in [6, 6.07) is 12.4. The van der Waals surface area contributed by atoms with Crippen molar-refractivity contribution in [2.45, 2.75) is 0 Å². The van der Waals surface area contributed by atoms with Crippen molar-refractivity contribution in [1.29, 1.82) is 0 Å². The molecule has 0 aliphatic rings. The molecule has 0 bridgehead atoms. The predicted molar refractivity (Wildman–Crippen MR) is 107 cm³/mol.